The number of allylic oxidation sites excluding steroid dienone is 4. The minimum atomic E-state index is -5.79. The van der Waals surface area contributed by atoms with E-state index in [1.165, 1.54) is 64.2 Å². The highest BCUT2D eigenvalue weighted by atomic mass is 31.2. The van der Waals surface area contributed by atoms with Crippen LogP contribution in [-0.2, 0) is 59.9 Å². The summed E-state index contributed by atoms with van der Waals surface area (Å²) in [5.41, 5.74) is 0. The Hall–Kier alpha value is -1.22. The van der Waals surface area contributed by atoms with Gasteiger partial charge in [0.15, 0.2) is 6.10 Å². The van der Waals surface area contributed by atoms with Gasteiger partial charge in [0.2, 0.25) is 0 Å². The Kier molecular flexibility index (Phi) is 36.6. The fourth-order valence-corrected chi connectivity index (χ4v) is 10.4. The van der Waals surface area contributed by atoms with E-state index in [0.29, 0.717) is 19.3 Å². The molecule has 0 aliphatic heterocycles. The summed E-state index contributed by atoms with van der Waals surface area (Å²) < 4.78 is 82.2. The minimum absolute atomic E-state index is 0.0248. The van der Waals surface area contributed by atoms with E-state index in [4.69, 9.17) is 18.5 Å². The molecule has 418 valence electrons. The van der Waals surface area contributed by atoms with Crippen molar-refractivity contribution < 1.29 is 104 Å². The molecular formula is C45H86O22P4. The van der Waals surface area contributed by atoms with Crippen molar-refractivity contribution in [1.29, 1.82) is 0 Å². The molecule has 0 spiro atoms. The van der Waals surface area contributed by atoms with Crippen LogP contribution in [0.1, 0.15) is 194 Å². The van der Waals surface area contributed by atoms with E-state index in [1.807, 2.05) is 0 Å². The van der Waals surface area contributed by atoms with Crippen molar-refractivity contribution in [1.82, 2.24) is 0 Å². The average molecular weight is 1100 g/mol. The van der Waals surface area contributed by atoms with Gasteiger partial charge in [0.05, 0.1) is 6.61 Å². The first kappa shape index (κ1) is 67.8. The number of hydrogen-bond acceptors (Lipinski definition) is 15. The first-order valence-electron chi connectivity index (χ1n) is 25.4. The zero-order valence-corrected chi connectivity index (χ0v) is 45.3. The number of aliphatic hydroxyl groups excluding tert-OH is 2. The number of rotatable bonds is 44. The van der Waals surface area contributed by atoms with Crippen LogP contribution in [0.2, 0.25) is 0 Å². The molecule has 0 aromatic carbocycles. The van der Waals surface area contributed by atoms with Gasteiger partial charge >= 0.3 is 43.2 Å². The molecule has 1 fully saturated rings. The smallest absolute Gasteiger partial charge is 0.462 e. The van der Waals surface area contributed by atoms with E-state index in [9.17, 15) is 72.3 Å². The second kappa shape index (κ2) is 38.3. The molecule has 9 N–H and O–H groups in total. The Balaban J connectivity index is 2.88. The zero-order chi connectivity index (χ0) is 53.2. The highest BCUT2D eigenvalue weighted by Gasteiger charge is 2.59. The second-order valence-electron chi connectivity index (χ2n) is 18.0. The number of phosphoric ester groups is 4. The summed E-state index contributed by atoms with van der Waals surface area (Å²) in [5, 5.41) is 21.9. The lowest BCUT2D eigenvalue weighted by molar-refractivity contribution is -0.209. The van der Waals surface area contributed by atoms with Crippen molar-refractivity contribution in [2.45, 2.75) is 236 Å². The van der Waals surface area contributed by atoms with Gasteiger partial charge in [0.25, 0.3) is 0 Å². The predicted molar refractivity (Wildman–Crippen MR) is 263 cm³/mol. The molecule has 0 radical (unpaired) electrons. The number of aliphatic hydroxyl groups is 2. The molecule has 1 saturated carbocycles. The van der Waals surface area contributed by atoms with Crippen molar-refractivity contribution in [3.8, 4) is 0 Å². The number of carbonyl (C=O) groups is 2. The normalized spacial score (nSPS) is 21.5. The van der Waals surface area contributed by atoms with Crippen LogP contribution in [0, 0.1) is 0 Å². The van der Waals surface area contributed by atoms with E-state index in [-0.39, 0.29) is 12.8 Å². The van der Waals surface area contributed by atoms with Gasteiger partial charge in [-0.1, -0.05) is 141 Å². The third kappa shape index (κ3) is 36.4. The molecule has 6 unspecified atom stereocenters. The molecule has 0 heterocycles. The molecule has 71 heavy (non-hydrogen) atoms. The summed E-state index contributed by atoms with van der Waals surface area (Å²) in [6, 6.07) is 0. The lowest BCUT2D eigenvalue weighted by Crippen LogP contribution is -2.65. The second-order valence-corrected chi connectivity index (χ2v) is 22.9. The first-order valence-corrected chi connectivity index (χ1v) is 31.5. The summed E-state index contributed by atoms with van der Waals surface area (Å²) in [5.74, 6) is -1.41. The Bertz CT molecular complexity index is 1650. The topological polar surface area (TPSA) is 349 Å². The number of phosphoric acid groups is 4. The number of ether oxygens (including phenoxy) is 2. The standard InChI is InChI=1S/C45H86O22P4/c1-3-5-7-9-11-13-15-17-19-21-23-25-27-29-31-33-38(46)61-35-37(63-39(47)34-32-30-28-26-24-22-20-18-16-14-12-10-8-6-4-2)36-62-71(59,60)67-42-40(48)43(64-68(50,51)52)45(66-70(56,57)58)44(41(42)49)65-69(53,54)55/h14,16-17,19,37,40-45,48-49H,3-13,15,18,20-36H2,1-2H3,(H,59,60)(H2,50,51,52)(H2,53,54,55)(H2,56,57,58). The molecule has 6 atom stereocenters. The van der Waals surface area contributed by atoms with Crippen LogP contribution in [0.25, 0.3) is 0 Å². The third-order valence-electron chi connectivity index (χ3n) is 11.5. The summed E-state index contributed by atoms with van der Waals surface area (Å²) in [4.78, 5) is 92.9. The predicted octanol–water partition coefficient (Wildman–Crippen LogP) is 9.19. The van der Waals surface area contributed by atoms with E-state index in [2.05, 4.69) is 51.7 Å². The molecule has 26 heteroatoms. The maximum absolute atomic E-state index is 13.3. The summed E-state index contributed by atoms with van der Waals surface area (Å²) in [7, 11) is -23.0. The van der Waals surface area contributed by atoms with Gasteiger partial charge in [-0.2, -0.15) is 0 Å². The van der Waals surface area contributed by atoms with Crippen LogP contribution in [-0.4, -0.2) is 112 Å². The quantitative estimate of drug-likeness (QED) is 0.0119. The van der Waals surface area contributed by atoms with Gasteiger partial charge in [-0.25, -0.2) is 18.3 Å². The van der Waals surface area contributed by atoms with Crippen LogP contribution in [0.3, 0.4) is 0 Å². The lowest BCUT2D eigenvalue weighted by atomic mass is 9.85. The first-order chi connectivity index (χ1) is 33.5. The molecule has 0 bridgehead atoms. The Morgan fingerprint density at radius 1 is 0.437 bits per heavy atom. The molecule has 1 rings (SSSR count). The SMILES string of the molecule is CCCCCCC=CCCCCCCCCCC(=O)OC(COC(=O)CCCCCCCC=CCCCCCCCC)COP(=O)(O)OC1C(O)C(OP(=O)(O)O)C(OP(=O)(O)O)C(OP(=O)(O)O)C1O. The fraction of sp³-hybridized carbons (Fsp3) is 0.867. The molecular weight excluding hydrogens is 1020 g/mol. The molecule has 1 aliphatic rings. The highest BCUT2D eigenvalue weighted by molar-refractivity contribution is 7.47. The van der Waals surface area contributed by atoms with Crippen molar-refractivity contribution in [3.05, 3.63) is 24.3 Å². The maximum atomic E-state index is 13.3. The Morgan fingerprint density at radius 2 is 0.775 bits per heavy atom. The summed E-state index contributed by atoms with van der Waals surface area (Å²) in [6.45, 7) is 2.74. The van der Waals surface area contributed by atoms with Gasteiger partial charge in [-0.3, -0.25) is 32.2 Å². The molecule has 1 aliphatic carbocycles. The molecule has 0 aromatic heterocycles. The van der Waals surface area contributed by atoms with Crippen LogP contribution in [0.4, 0.5) is 0 Å². The molecule has 0 amide bonds. The van der Waals surface area contributed by atoms with Crippen molar-refractivity contribution in [2.24, 2.45) is 0 Å². The Morgan fingerprint density at radius 3 is 1.17 bits per heavy atom. The van der Waals surface area contributed by atoms with Gasteiger partial charge in [0, 0.05) is 12.8 Å². The molecule has 0 saturated heterocycles. The van der Waals surface area contributed by atoms with Crippen molar-refractivity contribution in [2.75, 3.05) is 13.2 Å². The number of unbranched alkanes of at least 4 members (excludes halogenated alkanes) is 22. The van der Waals surface area contributed by atoms with Crippen LogP contribution < -0.4 is 0 Å². The van der Waals surface area contributed by atoms with Crippen LogP contribution >= 0.6 is 31.3 Å². The van der Waals surface area contributed by atoms with E-state index >= 15 is 0 Å². The van der Waals surface area contributed by atoms with Gasteiger partial charge in [-0.05, 0) is 64.2 Å². The van der Waals surface area contributed by atoms with Crippen LogP contribution in [0.5, 0.6) is 0 Å². The number of carbonyl (C=O) groups excluding carboxylic acids is 2. The van der Waals surface area contributed by atoms with Gasteiger partial charge in [0.1, 0.15) is 43.2 Å². The summed E-state index contributed by atoms with van der Waals surface area (Å²) in [6.07, 6.45) is 18.1. The van der Waals surface area contributed by atoms with E-state index in [0.717, 1.165) is 83.5 Å². The average Bonchev–Trinajstić information content (AvgIpc) is 3.27. The van der Waals surface area contributed by atoms with E-state index < -0.39 is 99.2 Å². The van der Waals surface area contributed by atoms with Crippen molar-refractivity contribution >= 4 is 43.2 Å². The lowest BCUT2D eigenvalue weighted by Gasteiger charge is -2.45. The van der Waals surface area contributed by atoms with Crippen molar-refractivity contribution in [3.63, 3.8) is 0 Å². The largest absolute Gasteiger partial charge is 0.472 e. The minimum Gasteiger partial charge on any atom is -0.462 e. The van der Waals surface area contributed by atoms with Crippen LogP contribution in [0.15, 0.2) is 24.3 Å². The Labute approximate surface area is 420 Å². The summed E-state index contributed by atoms with van der Waals surface area (Å²) >= 11 is 0. The highest BCUT2D eigenvalue weighted by Crippen LogP contribution is 2.53. The monoisotopic (exact) mass is 1100 g/mol. The third-order valence-corrected chi connectivity index (χ3v) is 14.0. The van der Waals surface area contributed by atoms with Gasteiger partial charge in [-0.15, -0.1) is 0 Å². The van der Waals surface area contributed by atoms with E-state index in [1.54, 1.807) is 0 Å². The zero-order valence-electron chi connectivity index (χ0n) is 41.7. The fourth-order valence-electron chi connectivity index (χ4n) is 7.78. The number of hydrogen-bond donors (Lipinski definition) is 9. The molecule has 22 nitrogen and oxygen atoms in total. The van der Waals surface area contributed by atoms with Gasteiger partial charge < -0.3 is 53.9 Å². The molecule has 0 aromatic rings. The maximum Gasteiger partial charge on any atom is 0.472 e. The number of esters is 2.